The van der Waals surface area contributed by atoms with E-state index >= 15 is 0 Å². The van der Waals surface area contributed by atoms with E-state index in [1.807, 2.05) is 11.6 Å². The summed E-state index contributed by atoms with van der Waals surface area (Å²) in [6, 6.07) is 1.40. The van der Waals surface area contributed by atoms with Crippen LogP contribution in [0.5, 0.6) is 0 Å². The van der Waals surface area contributed by atoms with E-state index < -0.39 is 17.2 Å². The average molecular weight is 422 g/mol. The number of urea groups is 1. The first-order chi connectivity index (χ1) is 13.1. The average Bonchev–Trinajstić information content (AvgIpc) is 3.16. The molecule has 2 heterocycles. The Morgan fingerprint density at radius 2 is 2.11 bits per heavy atom. The molecule has 152 valence electrons. The predicted molar refractivity (Wildman–Crippen MR) is 112 cm³/mol. The molecule has 0 aliphatic heterocycles. The van der Waals surface area contributed by atoms with Crippen LogP contribution in [0.25, 0.3) is 10.7 Å². The molecule has 0 spiro atoms. The largest absolute Gasteiger partial charge is 0.351 e. The molecule has 0 bridgehead atoms. The Labute approximate surface area is 173 Å². The van der Waals surface area contributed by atoms with Gasteiger partial charge in [0.05, 0.1) is 10.1 Å². The quantitative estimate of drug-likeness (QED) is 0.737. The van der Waals surface area contributed by atoms with Crippen molar-refractivity contribution < 1.29 is 9.59 Å². The van der Waals surface area contributed by atoms with Crippen molar-refractivity contribution in [2.45, 2.75) is 57.4 Å². The van der Waals surface area contributed by atoms with Crippen LogP contribution in [-0.4, -0.2) is 32.0 Å². The zero-order valence-electron chi connectivity index (χ0n) is 16.9. The SMILES string of the molecule is CC(Sc1nnc(-c2cc3c(s2)CCC(C(C)(C)C)C3)n1C)C(=O)NC(N)=O. The second-order valence-corrected chi connectivity index (χ2v) is 10.8. The van der Waals surface area contributed by atoms with Crippen LogP contribution in [0.2, 0.25) is 0 Å². The first-order valence-corrected chi connectivity index (χ1v) is 11.0. The van der Waals surface area contributed by atoms with Gasteiger partial charge in [-0.3, -0.25) is 10.1 Å². The summed E-state index contributed by atoms with van der Waals surface area (Å²) in [5.74, 6) is 1.05. The third-order valence-electron chi connectivity index (χ3n) is 5.26. The van der Waals surface area contributed by atoms with Gasteiger partial charge >= 0.3 is 6.03 Å². The molecule has 0 radical (unpaired) electrons. The molecule has 2 aromatic heterocycles. The summed E-state index contributed by atoms with van der Waals surface area (Å²) in [4.78, 5) is 25.3. The van der Waals surface area contributed by atoms with Crippen molar-refractivity contribution >= 4 is 35.0 Å². The summed E-state index contributed by atoms with van der Waals surface area (Å²) in [7, 11) is 1.90. The van der Waals surface area contributed by atoms with Crippen molar-refractivity contribution in [3.63, 3.8) is 0 Å². The fourth-order valence-electron chi connectivity index (χ4n) is 3.44. The van der Waals surface area contributed by atoms with Gasteiger partial charge in [-0.1, -0.05) is 32.5 Å². The van der Waals surface area contributed by atoms with Crippen molar-refractivity contribution in [2.24, 2.45) is 24.1 Å². The molecule has 7 nitrogen and oxygen atoms in total. The maximum Gasteiger partial charge on any atom is 0.318 e. The molecule has 2 unspecified atom stereocenters. The molecule has 3 rings (SSSR count). The zero-order valence-corrected chi connectivity index (χ0v) is 18.5. The number of hydrogen-bond donors (Lipinski definition) is 2. The number of amides is 3. The molecule has 0 saturated carbocycles. The van der Waals surface area contributed by atoms with Crippen LogP contribution in [0.4, 0.5) is 4.79 Å². The lowest BCUT2D eigenvalue weighted by Crippen LogP contribution is -2.39. The number of aromatic nitrogens is 3. The second kappa shape index (κ2) is 7.87. The fourth-order valence-corrected chi connectivity index (χ4v) is 5.48. The molecule has 28 heavy (non-hydrogen) atoms. The van der Waals surface area contributed by atoms with Crippen LogP contribution < -0.4 is 11.1 Å². The number of nitrogens with two attached hydrogens (primary N) is 1. The highest BCUT2D eigenvalue weighted by Crippen LogP contribution is 2.42. The standard InChI is InChI=1S/C19H27N5O2S2/c1-10(16(25)21-17(20)26)27-18-23-22-15(24(18)5)14-9-11-8-12(19(2,3)4)6-7-13(11)28-14/h9-10,12H,6-8H2,1-5H3,(H3,20,21,25,26). The number of hydrogen-bond acceptors (Lipinski definition) is 6. The van der Waals surface area contributed by atoms with Crippen LogP contribution in [0, 0.1) is 11.3 Å². The van der Waals surface area contributed by atoms with E-state index in [4.69, 9.17) is 5.73 Å². The topological polar surface area (TPSA) is 103 Å². The van der Waals surface area contributed by atoms with E-state index in [-0.39, 0.29) is 0 Å². The van der Waals surface area contributed by atoms with Gasteiger partial charge in [0.2, 0.25) is 5.91 Å². The normalized spacial score (nSPS) is 17.8. The van der Waals surface area contributed by atoms with E-state index in [0.717, 1.165) is 23.5 Å². The summed E-state index contributed by atoms with van der Waals surface area (Å²) in [5, 5.41) is 10.8. The van der Waals surface area contributed by atoms with Crippen LogP contribution in [-0.2, 0) is 24.7 Å². The molecule has 1 aliphatic carbocycles. The number of primary amides is 1. The molecule has 3 N–H and O–H groups in total. The van der Waals surface area contributed by atoms with Gasteiger partial charge in [0, 0.05) is 11.9 Å². The Balaban J connectivity index is 1.77. The minimum absolute atomic E-state index is 0.315. The van der Waals surface area contributed by atoms with Crippen LogP contribution >= 0.6 is 23.1 Å². The number of nitrogens with zero attached hydrogens (tertiary/aromatic N) is 3. The number of carbonyl (C=O) groups is 2. The van der Waals surface area contributed by atoms with Gasteiger partial charge in [-0.15, -0.1) is 21.5 Å². The van der Waals surface area contributed by atoms with E-state index in [1.165, 1.54) is 28.6 Å². The summed E-state index contributed by atoms with van der Waals surface area (Å²) in [5.41, 5.74) is 6.75. The molecule has 0 aromatic carbocycles. The molecule has 2 aromatic rings. The third-order valence-corrected chi connectivity index (χ3v) is 7.63. The number of fused-ring (bicyclic) bond motifs is 1. The first kappa shape index (κ1) is 20.9. The van der Waals surface area contributed by atoms with Gasteiger partial charge in [0.25, 0.3) is 0 Å². The van der Waals surface area contributed by atoms with E-state index in [0.29, 0.717) is 16.5 Å². The summed E-state index contributed by atoms with van der Waals surface area (Å²) in [6.07, 6.45) is 3.45. The maximum atomic E-state index is 11.9. The number of aryl methyl sites for hydroxylation is 1. The molecule has 0 fully saturated rings. The Bertz CT molecular complexity index is 897. The maximum absolute atomic E-state index is 11.9. The Morgan fingerprint density at radius 3 is 2.75 bits per heavy atom. The van der Waals surface area contributed by atoms with Crippen molar-refractivity contribution in [3.05, 3.63) is 16.5 Å². The van der Waals surface area contributed by atoms with Crippen molar-refractivity contribution in [1.29, 1.82) is 0 Å². The van der Waals surface area contributed by atoms with Gasteiger partial charge in [0.1, 0.15) is 0 Å². The van der Waals surface area contributed by atoms with Gasteiger partial charge in [-0.25, -0.2) is 4.79 Å². The summed E-state index contributed by atoms with van der Waals surface area (Å²) < 4.78 is 1.90. The van der Waals surface area contributed by atoms with Gasteiger partial charge in [0.15, 0.2) is 11.0 Å². The number of thiophene rings is 1. The molecule has 2 atom stereocenters. The van der Waals surface area contributed by atoms with E-state index in [2.05, 4.69) is 42.4 Å². The van der Waals surface area contributed by atoms with Crippen molar-refractivity contribution in [2.75, 3.05) is 0 Å². The molecule has 1 aliphatic rings. The number of nitrogens with one attached hydrogen (secondary N) is 1. The first-order valence-electron chi connectivity index (χ1n) is 9.34. The van der Waals surface area contributed by atoms with Crippen LogP contribution in [0.15, 0.2) is 11.2 Å². The third kappa shape index (κ3) is 4.41. The van der Waals surface area contributed by atoms with Crippen LogP contribution in [0.1, 0.15) is 44.6 Å². The summed E-state index contributed by atoms with van der Waals surface area (Å²) >= 11 is 3.04. The highest BCUT2D eigenvalue weighted by atomic mass is 32.2. The zero-order chi connectivity index (χ0) is 20.6. The van der Waals surface area contributed by atoms with Crippen molar-refractivity contribution in [3.8, 4) is 10.7 Å². The van der Waals surface area contributed by atoms with E-state index in [1.54, 1.807) is 18.3 Å². The van der Waals surface area contributed by atoms with Gasteiger partial charge in [-0.05, 0) is 49.1 Å². The molecule has 3 amide bonds. The van der Waals surface area contributed by atoms with Gasteiger partial charge in [-0.2, -0.15) is 0 Å². The highest BCUT2D eigenvalue weighted by Gasteiger charge is 2.30. The number of imide groups is 1. The van der Waals surface area contributed by atoms with Gasteiger partial charge < -0.3 is 10.3 Å². The number of thioether (sulfide) groups is 1. The number of carbonyl (C=O) groups excluding carboxylic acids is 2. The Hall–Kier alpha value is -1.87. The van der Waals surface area contributed by atoms with Crippen molar-refractivity contribution in [1.82, 2.24) is 20.1 Å². The number of rotatable bonds is 4. The highest BCUT2D eigenvalue weighted by molar-refractivity contribution is 8.00. The monoisotopic (exact) mass is 421 g/mol. The Kier molecular flexibility index (Phi) is 5.86. The lowest BCUT2D eigenvalue weighted by Gasteiger charge is -2.33. The fraction of sp³-hybridized carbons (Fsp3) is 0.579. The minimum Gasteiger partial charge on any atom is -0.351 e. The summed E-state index contributed by atoms with van der Waals surface area (Å²) in [6.45, 7) is 8.65. The molecular weight excluding hydrogens is 394 g/mol. The predicted octanol–water partition coefficient (Wildman–Crippen LogP) is 3.37. The Morgan fingerprint density at radius 1 is 1.39 bits per heavy atom. The molecular formula is C19H27N5O2S2. The van der Waals surface area contributed by atoms with E-state index in [9.17, 15) is 9.59 Å². The smallest absolute Gasteiger partial charge is 0.318 e. The molecule has 9 heteroatoms. The lowest BCUT2D eigenvalue weighted by molar-refractivity contribution is -0.119. The lowest BCUT2D eigenvalue weighted by atomic mass is 9.72. The second-order valence-electron chi connectivity index (χ2n) is 8.34. The molecule has 0 saturated heterocycles. The van der Waals surface area contributed by atoms with Crippen LogP contribution in [0.3, 0.4) is 0 Å². The minimum atomic E-state index is -0.853.